The van der Waals surface area contributed by atoms with Crippen LogP contribution in [-0.2, 0) is 12.8 Å². The Kier molecular flexibility index (Phi) is 2.83. The first kappa shape index (κ1) is 11.1. The minimum atomic E-state index is 0.753. The van der Waals surface area contributed by atoms with Gasteiger partial charge in [-0.1, -0.05) is 12.1 Å². The molecule has 0 spiro atoms. The van der Waals surface area contributed by atoms with E-state index in [0.29, 0.717) is 0 Å². The molecular formula is C15H21NO. The summed E-state index contributed by atoms with van der Waals surface area (Å²) in [5.41, 5.74) is 2.96. The molecular weight excluding hydrogens is 210 g/mol. The summed E-state index contributed by atoms with van der Waals surface area (Å²) in [6, 6.07) is 7.26. The van der Waals surface area contributed by atoms with Crippen LogP contribution in [0.1, 0.15) is 24.0 Å². The van der Waals surface area contributed by atoms with Gasteiger partial charge in [-0.2, -0.15) is 0 Å². The van der Waals surface area contributed by atoms with Gasteiger partial charge in [0.15, 0.2) is 0 Å². The molecule has 0 aromatic heterocycles. The number of benzene rings is 1. The fraction of sp³-hybridized carbons (Fsp3) is 0.600. The van der Waals surface area contributed by atoms with Crippen LogP contribution >= 0.6 is 0 Å². The molecule has 1 heterocycles. The predicted molar refractivity (Wildman–Crippen MR) is 69.5 cm³/mol. The van der Waals surface area contributed by atoms with Crippen LogP contribution in [0.15, 0.2) is 18.2 Å². The highest BCUT2D eigenvalue weighted by atomic mass is 16.5. The van der Waals surface area contributed by atoms with Crippen LogP contribution in [0, 0.1) is 5.92 Å². The zero-order valence-electron chi connectivity index (χ0n) is 10.8. The Morgan fingerprint density at radius 2 is 2.18 bits per heavy atom. The Morgan fingerprint density at radius 1 is 1.29 bits per heavy atom. The van der Waals surface area contributed by atoms with Crippen molar-refractivity contribution in [2.24, 2.45) is 5.92 Å². The first-order valence-electron chi connectivity index (χ1n) is 6.64. The molecule has 17 heavy (non-hydrogen) atoms. The van der Waals surface area contributed by atoms with Gasteiger partial charge in [0.25, 0.3) is 0 Å². The van der Waals surface area contributed by atoms with Gasteiger partial charge in [-0.3, -0.25) is 0 Å². The topological polar surface area (TPSA) is 12.5 Å². The summed E-state index contributed by atoms with van der Waals surface area (Å²) in [7, 11) is 4.07. The number of likely N-dealkylation sites (tertiary alicyclic amines) is 1. The maximum atomic E-state index is 5.51. The summed E-state index contributed by atoms with van der Waals surface area (Å²) >= 11 is 0. The standard InChI is InChI=1S/C15H21NO/c1-16-8-4-6-12-9-13-11(10-14(12)16)5-3-7-15(13)17-2/h3,5,7,12,14H,4,6,8-10H2,1-2H3. The second-order valence-corrected chi connectivity index (χ2v) is 5.46. The van der Waals surface area contributed by atoms with Crippen LogP contribution < -0.4 is 4.74 Å². The molecule has 2 unspecified atom stereocenters. The average Bonchev–Trinajstić information content (AvgIpc) is 2.36. The molecule has 2 aliphatic rings. The number of methoxy groups -OCH3 is 1. The predicted octanol–water partition coefficient (Wildman–Crippen LogP) is 2.50. The SMILES string of the molecule is COc1cccc2c1CC1CCCN(C)C1C2. The smallest absolute Gasteiger partial charge is 0.122 e. The molecule has 2 nitrogen and oxygen atoms in total. The summed E-state index contributed by atoms with van der Waals surface area (Å²) < 4.78 is 5.51. The van der Waals surface area contributed by atoms with Gasteiger partial charge in [-0.25, -0.2) is 0 Å². The fourth-order valence-electron chi connectivity index (χ4n) is 3.59. The number of hydrogen-bond donors (Lipinski definition) is 0. The van der Waals surface area contributed by atoms with E-state index in [-0.39, 0.29) is 0 Å². The van der Waals surface area contributed by atoms with Crippen molar-refractivity contribution in [2.45, 2.75) is 31.7 Å². The van der Waals surface area contributed by atoms with E-state index >= 15 is 0 Å². The molecule has 92 valence electrons. The molecule has 1 aromatic carbocycles. The number of fused-ring (bicyclic) bond motifs is 2. The van der Waals surface area contributed by atoms with E-state index < -0.39 is 0 Å². The normalized spacial score (nSPS) is 28.4. The van der Waals surface area contributed by atoms with E-state index in [4.69, 9.17) is 4.74 Å². The zero-order chi connectivity index (χ0) is 11.8. The molecule has 1 saturated heterocycles. The van der Waals surface area contributed by atoms with Crippen molar-refractivity contribution in [3.05, 3.63) is 29.3 Å². The second kappa shape index (κ2) is 4.34. The van der Waals surface area contributed by atoms with Gasteiger partial charge in [0.05, 0.1) is 7.11 Å². The average molecular weight is 231 g/mol. The molecule has 1 aliphatic carbocycles. The van der Waals surface area contributed by atoms with E-state index in [2.05, 4.69) is 30.1 Å². The van der Waals surface area contributed by atoms with Crippen LogP contribution in [0.25, 0.3) is 0 Å². The largest absolute Gasteiger partial charge is 0.496 e. The van der Waals surface area contributed by atoms with Crippen LogP contribution in [0.4, 0.5) is 0 Å². The molecule has 2 atom stereocenters. The van der Waals surface area contributed by atoms with E-state index in [1.807, 2.05) is 0 Å². The number of hydrogen-bond acceptors (Lipinski definition) is 2. The van der Waals surface area contributed by atoms with Crippen LogP contribution in [0.3, 0.4) is 0 Å². The van der Waals surface area contributed by atoms with Gasteiger partial charge < -0.3 is 9.64 Å². The van der Waals surface area contributed by atoms with Gasteiger partial charge >= 0.3 is 0 Å². The molecule has 0 bridgehead atoms. The highest BCUT2D eigenvalue weighted by molar-refractivity contribution is 5.43. The van der Waals surface area contributed by atoms with Gasteiger partial charge in [0.1, 0.15) is 5.75 Å². The van der Waals surface area contributed by atoms with Gasteiger partial charge in [-0.05, 0) is 62.4 Å². The maximum Gasteiger partial charge on any atom is 0.122 e. The highest BCUT2D eigenvalue weighted by Gasteiger charge is 2.34. The lowest BCUT2D eigenvalue weighted by Gasteiger charge is -2.43. The Morgan fingerprint density at radius 3 is 3.00 bits per heavy atom. The number of rotatable bonds is 1. The summed E-state index contributed by atoms with van der Waals surface area (Å²) in [4.78, 5) is 2.55. The van der Waals surface area contributed by atoms with Crippen molar-refractivity contribution in [3.63, 3.8) is 0 Å². The van der Waals surface area contributed by atoms with E-state index in [1.54, 1.807) is 7.11 Å². The molecule has 0 radical (unpaired) electrons. The summed E-state index contributed by atoms with van der Waals surface area (Å²) in [5.74, 6) is 1.92. The summed E-state index contributed by atoms with van der Waals surface area (Å²) in [6.07, 6.45) is 5.14. The third-order valence-corrected chi connectivity index (χ3v) is 4.54. The van der Waals surface area contributed by atoms with Gasteiger partial charge in [0.2, 0.25) is 0 Å². The minimum Gasteiger partial charge on any atom is -0.496 e. The summed E-state index contributed by atoms with van der Waals surface area (Å²) in [5, 5.41) is 0. The Balaban J connectivity index is 1.95. The molecule has 1 fully saturated rings. The van der Waals surface area contributed by atoms with Gasteiger partial charge in [0, 0.05) is 6.04 Å². The molecule has 2 heteroatoms. The molecule has 1 aromatic rings. The van der Waals surface area contributed by atoms with Crippen molar-refractivity contribution < 1.29 is 4.74 Å². The lowest BCUT2D eigenvalue weighted by molar-refractivity contribution is 0.111. The van der Waals surface area contributed by atoms with Crippen LogP contribution in [-0.4, -0.2) is 31.6 Å². The molecule has 0 N–H and O–H groups in total. The quantitative estimate of drug-likeness (QED) is 0.736. The minimum absolute atomic E-state index is 0.753. The monoisotopic (exact) mass is 231 g/mol. The van der Waals surface area contributed by atoms with Crippen LogP contribution in [0.2, 0.25) is 0 Å². The van der Waals surface area contributed by atoms with Crippen LogP contribution in [0.5, 0.6) is 5.75 Å². The third kappa shape index (κ3) is 1.85. The Hall–Kier alpha value is -1.02. The number of likely N-dealkylation sites (N-methyl/N-ethyl adjacent to an activating group) is 1. The van der Waals surface area contributed by atoms with Crippen molar-refractivity contribution in [1.29, 1.82) is 0 Å². The summed E-state index contributed by atoms with van der Waals surface area (Å²) in [6.45, 7) is 1.26. The fourth-order valence-corrected chi connectivity index (χ4v) is 3.59. The number of nitrogens with zero attached hydrogens (tertiary/aromatic N) is 1. The number of piperidine rings is 1. The molecule has 1 aliphatic heterocycles. The lowest BCUT2D eigenvalue weighted by Crippen LogP contribution is -2.47. The molecule has 3 rings (SSSR count). The first-order valence-corrected chi connectivity index (χ1v) is 6.64. The van der Waals surface area contributed by atoms with Crippen molar-refractivity contribution in [1.82, 2.24) is 4.90 Å². The molecule has 0 saturated carbocycles. The highest BCUT2D eigenvalue weighted by Crippen LogP contribution is 2.37. The second-order valence-electron chi connectivity index (χ2n) is 5.46. The third-order valence-electron chi connectivity index (χ3n) is 4.54. The lowest BCUT2D eigenvalue weighted by atomic mass is 9.75. The van der Waals surface area contributed by atoms with E-state index in [9.17, 15) is 0 Å². The number of ether oxygens (including phenoxy) is 1. The van der Waals surface area contributed by atoms with Gasteiger partial charge in [-0.15, -0.1) is 0 Å². The molecule has 0 amide bonds. The van der Waals surface area contributed by atoms with E-state index in [0.717, 1.165) is 17.7 Å². The Bertz CT molecular complexity index is 415. The Labute approximate surface area is 104 Å². The zero-order valence-corrected chi connectivity index (χ0v) is 10.8. The maximum absolute atomic E-state index is 5.51. The van der Waals surface area contributed by atoms with Crippen molar-refractivity contribution >= 4 is 0 Å². The van der Waals surface area contributed by atoms with E-state index in [1.165, 1.54) is 43.4 Å². The first-order chi connectivity index (χ1) is 8.29. The van der Waals surface area contributed by atoms with Crippen molar-refractivity contribution in [2.75, 3.05) is 20.7 Å². The van der Waals surface area contributed by atoms with Crippen molar-refractivity contribution in [3.8, 4) is 5.75 Å².